The molecule has 0 amide bonds. The molecule has 0 saturated carbocycles. The number of carbonyl (C=O) groups excluding carboxylic acids is 1. The predicted molar refractivity (Wildman–Crippen MR) is 97.6 cm³/mol. The highest BCUT2D eigenvalue weighted by molar-refractivity contribution is 7.80. The molecule has 6 heteroatoms. The molecule has 0 aliphatic heterocycles. The van der Waals surface area contributed by atoms with Crippen molar-refractivity contribution in [3.8, 4) is 0 Å². The number of rotatable bonds is 7. The van der Waals surface area contributed by atoms with Gasteiger partial charge in [0.1, 0.15) is 0 Å². The average molecular weight is 348 g/mol. The second kappa shape index (κ2) is 9.27. The van der Waals surface area contributed by atoms with Gasteiger partial charge in [-0.05, 0) is 35.6 Å². The molecule has 0 aliphatic carbocycles. The Labute approximate surface area is 145 Å². The number of nitrogens with one attached hydrogen (secondary N) is 2. The van der Waals surface area contributed by atoms with Crippen molar-refractivity contribution >= 4 is 34.6 Å². The molecule has 23 heavy (non-hydrogen) atoms. The minimum absolute atomic E-state index is 0.0248. The van der Waals surface area contributed by atoms with Crippen molar-refractivity contribution in [2.24, 2.45) is 0 Å². The first-order valence-corrected chi connectivity index (χ1v) is 8.69. The van der Waals surface area contributed by atoms with Gasteiger partial charge in [0, 0.05) is 17.8 Å². The van der Waals surface area contributed by atoms with Crippen molar-refractivity contribution in [2.75, 3.05) is 13.7 Å². The normalized spacial score (nSPS) is 11.5. The molecule has 2 aromatic rings. The Morgan fingerprint density at radius 1 is 1.26 bits per heavy atom. The molecule has 1 aromatic carbocycles. The Kier molecular flexibility index (Phi) is 7.03. The second-order valence-electron chi connectivity index (χ2n) is 4.94. The van der Waals surface area contributed by atoms with E-state index in [9.17, 15) is 4.79 Å². The van der Waals surface area contributed by atoms with E-state index in [-0.39, 0.29) is 12.0 Å². The molecule has 0 radical (unpaired) electrons. The summed E-state index contributed by atoms with van der Waals surface area (Å²) < 4.78 is 4.61. The Hall–Kier alpha value is -1.92. The fourth-order valence-electron chi connectivity index (χ4n) is 2.14. The standard InChI is InChI=1S/C17H20N2O2S2/c1-21-15(20)10-5-11-18-17(22)19-16(14-9-6-12-23-14)13-7-3-2-4-8-13/h2-4,6-9,12,16H,5,10-11H2,1H3,(H2,18,19,22)/t16-/m0/s1. The molecule has 0 aliphatic rings. The zero-order chi connectivity index (χ0) is 16.5. The van der Waals surface area contributed by atoms with E-state index in [1.165, 1.54) is 12.0 Å². The van der Waals surface area contributed by atoms with Gasteiger partial charge in [0.05, 0.1) is 13.2 Å². The van der Waals surface area contributed by atoms with Gasteiger partial charge in [0.25, 0.3) is 0 Å². The molecule has 2 N–H and O–H groups in total. The Morgan fingerprint density at radius 2 is 2.04 bits per heavy atom. The van der Waals surface area contributed by atoms with Crippen LogP contribution in [-0.4, -0.2) is 24.7 Å². The first-order valence-electron chi connectivity index (χ1n) is 7.40. The number of carbonyl (C=O) groups is 1. The molecule has 1 heterocycles. The van der Waals surface area contributed by atoms with Gasteiger partial charge in [-0.1, -0.05) is 36.4 Å². The summed E-state index contributed by atoms with van der Waals surface area (Å²) in [6.07, 6.45) is 1.07. The van der Waals surface area contributed by atoms with Crippen molar-refractivity contribution < 1.29 is 9.53 Å². The van der Waals surface area contributed by atoms with E-state index in [1.54, 1.807) is 11.3 Å². The van der Waals surface area contributed by atoms with Gasteiger partial charge in [-0.25, -0.2) is 0 Å². The number of thiocarbonyl (C=S) groups is 1. The van der Waals surface area contributed by atoms with Gasteiger partial charge in [0.2, 0.25) is 0 Å². The number of hydrogen-bond acceptors (Lipinski definition) is 4. The lowest BCUT2D eigenvalue weighted by atomic mass is 10.1. The van der Waals surface area contributed by atoms with Gasteiger partial charge >= 0.3 is 5.97 Å². The molecule has 4 nitrogen and oxygen atoms in total. The summed E-state index contributed by atoms with van der Waals surface area (Å²) in [6, 6.07) is 14.3. The van der Waals surface area contributed by atoms with E-state index in [0.717, 1.165) is 5.56 Å². The summed E-state index contributed by atoms with van der Waals surface area (Å²) in [5, 5.41) is 9.13. The van der Waals surface area contributed by atoms with Crippen molar-refractivity contribution in [1.29, 1.82) is 0 Å². The topological polar surface area (TPSA) is 50.4 Å². The summed E-state index contributed by atoms with van der Waals surface area (Å²) in [4.78, 5) is 12.3. The van der Waals surface area contributed by atoms with Gasteiger partial charge in [0.15, 0.2) is 5.11 Å². The minimum Gasteiger partial charge on any atom is -0.469 e. The van der Waals surface area contributed by atoms with Crippen LogP contribution in [0.1, 0.15) is 29.3 Å². The maximum Gasteiger partial charge on any atom is 0.305 e. The smallest absolute Gasteiger partial charge is 0.305 e. The Bertz CT molecular complexity index is 615. The zero-order valence-corrected chi connectivity index (χ0v) is 14.6. The predicted octanol–water partition coefficient (Wildman–Crippen LogP) is 3.25. The molecule has 1 aromatic heterocycles. The van der Waals surface area contributed by atoms with E-state index in [2.05, 4.69) is 38.9 Å². The Morgan fingerprint density at radius 3 is 2.70 bits per heavy atom. The summed E-state index contributed by atoms with van der Waals surface area (Å²) in [6.45, 7) is 0.632. The average Bonchev–Trinajstić information content (AvgIpc) is 3.11. The van der Waals surface area contributed by atoms with Crippen LogP contribution in [0.4, 0.5) is 0 Å². The molecule has 0 fully saturated rings. The van der Waals surface area contributed by atoms with Crippen molar-refractivity contribution in [1.82, 2.24) is 10.6 Å². The second-order valence-corrected chi connectivity index (χ2v) is 6.33. The molecule has 0 saturated heterocycles. The lowest BCUT2D eigenvalue weighted by molar-refractivity contribution is -0.140. The molecular formula is C17H20N2O2S2. The van der Waals surface area contributed by atoms with Crippen LogP contribution in [0.25, 0.3) is 0 Å². The molecular weight excluding hydrogens is 328 g/mol. The van der Waals surface area contributed by atoms with Crippen LogP contribution >= 0.6 is 23.6 Å². The molecule has 1 atom stereocenters. The quantitative estimate of drug-likeness (QED) is 0.457. The summed E-state index contributed by atoms with van der Waals surface area (Å²) in [5.41, 5.74) is 1.16. The van der Waals surface area contributed by atoms with Gasteiger partial charge < -0.3 is 15.4 Å². The molecule has 0 unspecified atom stereocenters. The van der Waals surface area contributed by atoms with Gasteiger partial charge in [-0.15, -0.1) is 11.3 Å². The maximum absolute atomic E-state index is 11.1. The van der Waals surface area contributed by atoms with Crippen LogP contribution in [0, 0.1) is 0 Å². The fraction of sp³-hybridized carbons (Fsp3) is 0.294. The summed E-state index contributed by atoms with van der Waals surface area (Å²) in [7, 11) is 1.40. The molecule has 2 rings (SSSR count). The third kappa shape index (κ3) is 5.65. The number of benzene rings is 1. The van der Waals surface area contributed by atoms with Crippen LogP contribution < -0.4 is 10.6 Å². The van der Waals surface area contributed by atoms with Crippen molar-refractivity contribution in [3.63, 3.8) is 0 Å². The Balaban J connectivity index is 1.91. The number of esters is 1. The van der Waals surface area contributed by atoms with Crippen LogP contribution in [0.2, 0.25) is 0 Å². The number of thiophene rings is 1. The molecule has 0 spiro atoms. The lowest BCUT2D eigenvalue weighted by Gasteiger charge is -2.20. The van der Waals surface area contributed by atoms with E-state index in [0.29, 0.717) is 24.5 Å². The van der Waals surface area contributed by atoms with Crippen LogP contribution in [-0.2, 0) is 9.53 Å². The fourth-order valence-corrected chi connectivity index (χ4v) is 3.16. The number of ether oxygens (including phenoxy) is 1. The third-order valence-corrected chi connectivity index (χ3v) is 4.51. The summed E-state index contributed by atoms with van der Waals surface area (Å²) in [5.74, 6) is -0.202. The van der Waals surface area contributed by atoms with Crippen molar-refractivity contribution in [2.45, 2.75) is 18.9 Å². The first-order chi connectivity index (χ1) is 11.2. The van der Waals surface area contributed by atoms with E-state index in [4.69, 9.17) is 12.2 Å². The van der Waals surface area contributed by atoms with Crippen LogP contribution in [0.3, 0.4) is 0 Å². The lowest BCUT2D eigenvalue weighted by Crippen LogP contribution is -2.38. The van der Waals surface area contributed by atoms with E-state index < -0.39 is 0 Å². The van der Waals surface area contributed by atoms with Gasteiger partial charge in [-0.3, -0.25) is 4.79 Å². The van der Waals surface area contributed by atoms with Crippen LogP contribution in [0.15, 0.2) is 47.8 Å². The van der Waals surface area contributed by atoms with Crippen LogP contribution in [0.5, 0.6) is 0 Å². The maximum atomic E-state index is 11.1. The number of hydrogen-bond donors (Lipinski definition) is 2. The molecule has 122 valence electrons. The monoisotopic (exact) mass is 348 g/mol. The van der Waals surface area contributed by atoms with Crippen molar-refractivity contribution in [3.05, 3.63) is 58.3 Å². The van der Waals surface area contributed by atoms with E-state index in [1.807, 2.05) is 24.3 Å². The zero-order valence-electron chi connectivity index (χ0n) is 13.0. The largest absolute Gasteiger partial charge is 0.469 e. The highest BCUT2D eigenvalue weighted by Crippen LogP contribution is 2.25. The number of methoxy groups -OCH3 is 1. The minimum atomic E-state index is -0.202. The first kappa shape index (κ1) is 17.4. The van der Waals surface area contributed by atoms with Gasteiger partial charge in [-0.2, -0.15) is 0 Å². The molecule has 0 bridgehead atoms. The highest BCUT2D eigenvalue weighted by atomic mass is 32.1. The summed E-state index contributed by atoms with van der Waals surface area (Å²) >= 11 is 7.07. The third-order valence-electron chi connectivity index (χ3n) is 3.31. The highest BCUT2D eigenvalue weighted by Gasteiger charge is 2.15. The van der Waals surface area contributed by atoms with E-state index >= 15 is 0 Å². The SMILES string of the molecule is COC(=O)CCCNC(=S)N[C@@H](c1ccccc1)c1cccs1.